The summed E-state index contributed by atoms with van der Waals surface area (Å²) in [4.78, 5) is 30.0. The van der Waals surface area contributed by atoms with E-state index >= 15 is 0 Å². The molecule has 196 valence electrons. The molecule has 2 aromatic carbocycles. The molecular formula is C29H40N2O5. The second-order valence-corrected chi connectivity index (χ2v) is 9.53. The number of hydrogen-bond donors (Lipinski definition) is 0. The summed E-state index contributed by atoms with van der Waals surface area (Å²) in [5.74, 6) is 1.60. The highest BCUT2D eigenvalue weighted by Gasteiger charge is 2.37. The maximum absolute atomic E-state index is 13.5. The van der Waals surface area contributed by atoms with Crippen molar-refractivity contribution in [2.75, 3.05) is 41.5 Å². The van der Waals surface area contributed by atoms with Crippen LogP contribution < -0.4 is 14.2 Å². The minimum atomic E-state index is -0.499. The summed E-state index contributed by atoms with van der Waals surface area (Å²) in [6, 6.07) is 11.4. The van der Waals surface area contributed by atoms with Crippen molar-refractivity contribution in [2.24, 2.45) is 5.92 Å². The highest BCUT2D eigenvalue weighted by molar-refractivity contribution is 5.91. The second-order valence-electron chi connectivity index (χ2n) is 9.53. The van der Waals surface area contributed by atoms with Gasteiger partial charge in [-0.25, -0.2) is 0 Å². The van der Waals surface area contributed by atoms with Crippen LogP contribution in [0.3, 0.4) is 0 Å². The summed E-state index contributed by atoms with van der Waals surface area (Å²) in [7, 11) is 6.53. The van der Waals surface area contributed by atoms with Gasteiger partial charge in [0, 0.05) is 26.6 Å². The number of benzene rings is 2. The Bertz CT molecular complexity index is 1010. The smallest absolute Gasteiger partial charge is 0.245 e. The minimum Gasteiger partial charge on any atom is -0.493 e. The van der Waals surface area contributed by atoms with Crippen molar-refractivity contribution >= 4 is 11.8 Å². The van der Waals surface area contributed by atoms with Crippen molar-refractivity contribution in [1.82, 2.24) is 9.80 Å². The number of amides is 2. The summed E-state index contributed by atoms with van der Waals surface area (Å²) in [5.41, 5.74) is 2.92. The molecule has 7 nitrogen and oxygen atoms in total. The van der Waals surface area contributed by atoms with Gasteiger partial charge in [0.15, 0.2) is 11.5 Å². The Kier molecular flexibility index (Phi) is 9.62. The summed E-state index contributed by atoms with van der Waals surface area (Å²) in [6.45, 7) is 5.29. The predicted molar refractivity (Wildman–Crippen MR) is 142 cm³/mol. The van der Waals surface area contributed by atoms with Gasteiger partial charge in [0.1, 0.15) is 6.04 Å². The molecule has 0 bridgehead atoms. The number of ether oxygens (including phenoxy) is 3. The number of methoxy groups -OCH3 is 3. The molecular weight excluding hydrogens is 456 g/mol. The maximum Gasteiger partial charge on any atom is 0.245 e. The van der Waals surface area contributed by atoms with Crippen LogP contribution in [0.5, 0.6) is 17.2 Å². The van der Waals surface area contributed by atoms with Crippen LogP contribution in [0.2, 0.25) is 0 Å². The van der Waals surface area contributed by atoms with E-state index in [-0.39, 0.29) is 17.7 Å². The summed E-state index contributed by atoms with van der Waals surface area (Å²) >= 11 is 0. The van der Waals surface area contributed by atoms with Gasteiger partial charge in [-0.05, 0) is 35.2 Å². The van der Waals surface area contributed by atoms with Crippen LogP contribution in [0.15, 0.2) is 36.4 Å². The van der Waals surface area contributed by atoms with E-state index < -0.39 is 6.04 Å². The van der Waals surface area contributed by atoms with Crippen molar-refractivity contribution < 1.29 is 23.8 Å². The van der Waals surface area contributed by atoms with E-state index in [0.29, 0.717) is 36.8 Å². The van der Waals surface area contributed by atoms with E-state index in [0.717, 1.165) is 42.4 Å². The Balaban J connectivity index is 1.81. The van der Waals surface area contributed by atoms with Gasteiger partial charge in [0.25, 0.3) is 0 Å². The first-order valence-corrected chi connectivity index (χ1v) is 12.8. The molecule has 1 fully saturated rings. The molecule has 0 aliphatic carbocycles. The third-order valence-electron chi connectivity index (χ3n) is 6.99. The van der Waals surface area contributed by atoms with Gasteiger partial charge in [0.2, 0.25) is 17.6 Å². The van der Waals surface area contributed by atoms with E-state index in [2.05, 4.69) is 6.92 Å². The Labute approximate surface area is 215 Å². The Morgan fingerprint density at radius 2 is 1.50 bits per heavy atom. The minimum absolute atomic E-state index is 0.0263. The number of nitrogens with zero attached hydrogens (tertiary/aromatic N) is 2. The molecule has 1 unspecified atom stereocenters. The van der Waals surface area contributed by atoms with Crippen LogP contribution in [0, 0.1) is 5.92 Å². The summed E-state index contributed by atoms with van der Waals surface area (Å²) < 4.78 is 16.4. The van der Waals surface area contributed by atoms with E-state index in [1.165, 1.54) is 0 Å². The quantitative estimate of drug-likeness (QED) is 0.418. The van der Waals surface area contributed by atoms with Gasteiger partial charge in [0.05, 0.1) is 27.2 Å². The van der Waals surface area contributed by atoms with E-state index in [9.17, 15) is 9.59 Å². The largest absolute Gasteiger partial charge is 0.493 e. The molecule has 2 aromatic rings. The van der Waals surface area contributed by atoms with Gasteiger partial charge in [-0.3, -0.25) is 9.59 Å². The normalized spacial score (nSPS) is 18.3. The molecule has 1 saturated heterocycles. The van der Waals surface area contributed by atoms with E-state index in [1.54, 1.807) is 33.3 Å². The van der Waals surface area contributed by atoms with Crippen LogP contribution in [-0.2, 0) is 16.0 Å². The number of unbranched alkanes of at least 4 members (excludes halogenated alkanes) is 3. The number of rotatable bonds is 11. The van der Waals surface area contributed by atoms with Crippen LogP contribution in [0.4, 0.5) is 0 Å². The molecule has 0 radical (unpaired) electrons. The molecule has 2 amide bonds. The lowest BCUT2D eigenvalue weighted by atomic mass is 9.99. The fraction of sp³-hybridized carbons (Fsp3) is 0.517. The average molecular weight is 497 g/mol. The average Bonchev–Trinajstić information content (AvgIpc) is 2.97. The molecule has 36 heavy (non-hydrogen) atoms. The molecule has 0 saturated carbocycles. The van der Waals surface area contributed by atoms with Gasteiger partial charge in [-0.15, -0.1) is 0 Å². The number of carbonyl (C=O) groups excluding carboxylic acids is 2. The van der Waals surface area contributed by atoms with Crippen molar-refractivity contribution in [3.8, 4) is 28.4 Å². The van der Waals surface area contributed by atoms with Gasteiger partial charge >= 0.3 is 0 Å². The van der Waals surface area contributed by atoms with Gasteiger partial charge in [-0.2, -0.15) is 0 Å². The molecule has 0 spiro atoms. The lowest BCUT2D eigenvalue weighted by molar-refractivity contribution is -0.140. The molecule has 2 atom stereocenters. The predicted octanol–water partition coefficient (Wildman–Crippen LogP) is 4.81. The van der Waals surface area contributed by atoms with E-state index in [1.807, 2.05) is 48.2 Å². The topological polar surface area (TPSA) is 68.3 Å². The fourth-order valence-electron chi connectivity index (χ4n) is 4.84. The first kappa shape index (κ1) is 27.4. The second kappa shape index (κ2) is 12.7. The van der Waals surface area contributed by atoms with Crippen molar-refractivity contribution in [2.45, 2.75) is 52.0 Å². The van der Waals surface area contributed by atoms with Crippen molar-refractivity contribution in [3.05, 3.63) is 42.0 Å². The fourth-order valence-corrected chi connectivity index (χ4v) is 4.84. The van der Waals surface area contributed by atoms with Gasteiger partial charge in [-0.1, -0.05) is 57.4 Å². The zero-order chi connectivity index (χ0) is 26.2. The Morgan fingerprint density at radius 3 is 2.06 bits per heavy atom. The highest BCUT2D eigenvalue weighted by Crippen LogP contribution is 2.41. The van der Waals surface area contributed by atoms with Crippen LogP contribution >= 0.6 is 0 Å². The standard InChI is InChI=1S/C29H40N2O5/c1-7-8-9-10-15-31-19-20(2)28(32)30(3)24(29(31)33)16-21-11-13-22(14-12-21)23-17-25(34-4)27(36-6)26(18-23)35-5/h11-14,17-18,20,24H,7-10,15-16,19H2,1-6H3/t20?,24-/m0/s1. The summed E-state index contributed by atoms with van der Waals surface area (Å²) in [6.07, 6.45) is 4.87. The first-order valence-electron chi connectivity index (χ1n) is 12.8. The zero-order valence-corrected chi connectivity index (χ0v) is 22.5. The lowest BCUT2D eigenvalue weighted by Crippen LogP contribution is -2.47. The molecule has 0 aromatic heterocycles. The van der Waals surface area contributed by atoms with Crippen molar-refractivity contribution in [1.29, 1.82) is 0 Å². The zero-order valence-electron chi connectivity index (χ0n) is 22.5. The van der Waals surface area contributed by atoms with E-state index in [4.69, 9.17) is 14.2 Å². The van der Waals surface area contributed by atoms with Crippen molar-refractivity contribution in [3.63, 3.8) is 0 Å². The molecule has 1 aliphatic rings. The molecule has 0 N–H and O–H groups in total. The number of hydrogen-bond acceptors (Lipinski definition) is 5. The highest BCUT2D eigenvalue weighted by atomic mass is 16.5. The summed E-state index contributed by atoms with van der Waals surface area (Å²) in [5, 5.41) is 0. The SMILES string of the molecule is CCCCCCN1CC(C)C(=O)N(C)[C@@H](Cc2ccc(-c3cc(OC)c(OC)c(OC)c3)cc2)C1=O. The number of likely N-dealkylation sites (N-methyl/N-ethyl adjacent to an activating group) is 1. The molecule has 3 rings (SSSR count). The third kappa shape index (κ3) is 6.12. The first-order chi connectivity index (χ1) is 17.3. The molecule has 1 aliphatic heterocycles. The Morgan fingerprint density at radius 1 is 0.861 bits per heavy atom. The number of carbonyl (C=O) groups is 2. The van der Waals surface area contributed by atoms with Crippen LogP contribution in [-0.4, -0.2) is 69.1 Å². The third-order valence-corrected chi connectivity index (χ3v) is 6.99. The maximum atomic E-state index is 13.5. The van der Waals surface area contributed by atoms with Gasteiger partial charge < -0.3 is 24.0 Å². The van der Waals surface area contributed by atoms with Crippen LogP contribution in [0.25, 0.3) is 11.1 Å². The molecule has 7 heteroatoms. The monoisotopic (exact) mass is 496 g/mol. The lowest BCUT2D eigenvalue weighted by Gasteiger charge is -2.28. The van der Waals surface area contributed by atoms with Crippen LogP contribution in [0.1, 0.15) is 45.1 Å². The Hall–Kier alpha value is -3.22. The molecule has 1 heterocycles.